The molecular formula is C19H24N2O5. The van der Waals surface area contributed by atoms with Crippen molar-refractivity contribution < 1.29 is 23.8 Å². The highest BCUT2D eigenvalue weighted by Gasteiger charge is 2.25. The molecular weight excluding hydrogens is 336 g/mol. The van der Waals surface area contributed by atoms with Gasteiger partial charge in [-0.1, -0.05) is 12.1 Å². The fourth-order valence-corrected chi connectivity index (χ4v) is 2.97. The molecule has 140 valence electrons. The lowest BCUT2D eigenvalue weighted by atomic mass is 10.1. The summed E-state index contributed by atoms with van der Waals surface area (Å²) in [5, 5.41) is 0. The maximum atomic E-state index is 12.9. The Kier molecular flexibility index (Phi) is 5.92. The third kappa shape index (κ3) is 3.51. The van der Waals surface area contributed by atoms with Gasteiger partial charge in [-0.2, -0.15) is 0 Å². The molecule has 0 aliphatic rings. The molecule has 0 atom stereocenters. The summed E-state index contributed by atoms with van der Waals surface area (Å²) in [7, 11) is 6.13. The number of hydrogen-bond donors (Lipinski definition) is 1. The number of nitrogens with zero attached hydrogens (tertiary/aromatic N) is 1. The second-order valence-corrected chi connectivity index (χ2v) is 5.93. The van der Waals surface area contributed by atoms with E-state index < -0.39 is 5.97 Å². The number of para-hydroxylation sites is 1. The van der Waals surface area contributed by atoms with Crippen molar-refractivity contribution in [3.63, 3.8) is 0 Å². The van der Waals surface area contributed by atoms with Crippen molar-refractivity contribution >= 4 is 11.9 Å². The molecule has 0 unspecified atom stereocenters. The molecule has 0 radical (unpaired) electrons. The fraction of sp³-hybridized carbons (Fsp3) is 0.368. The van der Waals surface area contributed by atoms with Crippen LogP contribution >= 0.6 is 0 Å². The summed E-state index contributed by atoms with van der Waals surface area (Å²) in [6, 6.07) is 5.51. The van der Waals surface area contributed by atoms with Gasteiger partial charge in [0.25, 0.3) is 5.91 Å². The van der Waals surface area contributed by atoms with Gasteiger partial charge in [-0.15, -0.1) is 0 Å². The molecule has 0 saturated carbocycles. The second kappa shape index (κ2) is 7.95. The van der Waals surface area contributed by atoms with Crippen LogP contribution in [0.4, 0.5) is 0 Å². The van der Waals surface area contributed by atoms with Crippen LogP contribution < -0.4 is 9.47 Å². The third-order valence-electron chi connectivity index (χ3n) is 4.28. The number of carbonyl (C=O) groups is 2. The van der Waals surface area contributed by atoms with Crippen LogP contribution in [0.25, 0.3) is 0 Å². The van der Waals surface area contributed by atoms with E-state index in [0.717, 1.165) is 5.56 Å². The number of aromatic amines is 1. The second-order valence-electron chi connectivity index (χ2n) is 5.93. The molecule has 2 rings (SSSR count). The quantitative estimate of drug-likeness (QED) is 0.801. The van der Waals surface area contributed by atoms with E-state index in [4.69, 9.17) is 14.2 Å². The first kappa shape index (κ1) is 19.4. The van der Waals surface area contributed by atoms with E-state index in [-0.39, 0.29) is 5.91 Å². The van der Waals surface area contributed by atoms with Crippen LogP contribution in [0.15, 0.2) is 18.2 Å². The first-order valence-electron chi connectivity index (χ1n) is 8.08. The van der Waals surface area contributed by atoms with Gasteiger partial charge in [-0.05, 0) is 25.5 Å². The SMILES string of the molecule is COC(=O)c1c(C)[nH]c(C(=O)N(C)Cc2cccc(OC)c2OC)c1C. The van der Waals surface area contributed by atoms with Crippen molar-refractivity contribution in [2.45, 2.75) is 20.4 Å². The van der Waals surface area contributed by atoms with Crippen molar-refractivity contribution in [2.24, 2.45) is 0 Å². The molecule has 0 bridgehead atoms. The van der Waals surface area contributed by atoms with E-state index in [1.54, 1.807) is 46.1 Å². The van der Waals surface area contributed by atoms with E-state index in [9.17, 15) is 9.59 Å². The number of nitrogens with one attached hydrogen (secondary N) is 1. The average molecular weight is 360 g/mol. The van der Waals surface area contributed by atoms with Crippen molar-refractivity contribution in [3.05, 3.63) is 46.3 Å². The van der Waals surface area contributed by atoms with Crippen LogP contribution in [0.1, 0.15) is 37.7 Å². The van der Waals surface area contributed by atoms with Gasteiger partial charge in [0.2, 0.25) is 0 Å². The first-order chi connectivity index (χ1) is 12.3. The summed E-state index contributed by atoms with van der Waals surface area (Å²) in [6.45, 7) is 3.79. The van der Waals surface area contributed by atoms with Gasteiger partial charge in [-0.25, -0.2) is 4.79 Å². The Morgan fingerprint density at radius 2 is 1.81 bits per heavy atom. The molecule has 0 aliphatic heterocycles. The minimum absolute atomic E-state index is 0.231. The molecule has 7 nitrogen and oxygen atoms in total. The van der Waals surface area contributed by atoms with Gasteiger partial charge < -0.3 is 24.1 Å². The van der Waals surface area contributed by atoms with Crippen LogP contribution in [0, 0.1) is 13.8 Å². The van der Waals surface area contributed by atoms with Gasteiger partial charge in [-0.3, -0.25) is 4.79 Å². The summed E-state index contributed by atoms with van der Waals surface area (Å²) < 4.78 is 15.5. The van der Waals surface area contributed by atoms with Gasteiger partial charge >= 0.3 is 5.97 Å². The number of aryl methyl sites for hydroxylation is 1. The third-order valence-corrected chi connectivity index (χ3v) is 4.28. The van der Waals surface area contributed by atoms with E-state index in [1.165, 1.54) is 7.11 Å². The van der Waals surface area contributed by atoms with Gasteiger partial charge in [0, 0.05) is 24.8 Å². The monoisotopic (exact) mass is 360 g/mol. The fourth-order valence-electron chi connectivity index (χ4n) is 2.97. The van der Waals surface area contributed by atoms with Gasteiger partial charge in [0.05, 0.1) is 26.9 Å². The lowest BCUT2D eigenvalue weighted by molar-refractivity contribution is 0.0599. The van der Waals surface area contributed by atoms with E-state index in [2.05, 4.69) is 4.98 Å². The molecule has 1 aromatic carbocycles. The zero-order valence-electron chi connectivity index (χ0n) is 15.9. The summed E-state index contributed by atoms with van der Waals surface area (Å²) in [6.07, 6.45) is 0. The molecule has 0 saturated heterocycles. The van der Waals surface area contributed by atoms with E-state index >= 15 is 0 Å². The topological polar surface area (TPSA) is 80.9 Å². The minimum atomic E-state index is -0.465. The predicted octanol–water partition coefficient (Wildman–Crippen LogP) is 2.71. The lowest BCUT2D eigenvalue weighted by Gasteiger charge is -2.20. The number of hydrogen-bond acceptors (Lipinski definition) is 5. The van der Waals surface area contributed by atoms with Gasteiger partial charge in [0.1, 0.15) is 5.69 Å². The zero-order valence-corrected chi connectivity index (χ0v) is 15.9. The Bertz CT molecular complexity index is 826. The number of amides is 1. The van der Waals surface area contributed by atoms with Crippen LogP contribution in [0.3, 0.4) is 0 Å². The maximum Gasteiger partial charge on any atom is 0.339 e. The standard InChI is InChI=1S/C19H24N2O5/c1-11-15(19(23)26-6)12(2)20-16(11)18(22)21(3)10-13-8-7-9-14(24-4)17(13)25-5/h7-9,20H,10H2,1-6H3. The molecule has 1 heterocycles. The molecule has 26 heavy (non-hydrogen) atoms. The number of aromatic nitrogens is 1. The Morgan fingerprint density at radius 1 is 1.12 bits per heavy atom. The number of esters is 1. The number of H-pyrrole nitrogens is 1. The molecule has 1 amide bonds. The Morgan fingerprint density at radius 3 is 2.38 bits per heavy atom. The summed E-state index contributed by atoms with van der Waals surface area (Å²) in [5.41, 5.74) is 2.75. The molecule has 2 aromatic rings. The Labute approximate surface area is 152 Å². The summed E-state index contributed by atoms with van der Waals surface area (Å²) >= 11 is 0. The van der Waals surface area contributed by atoms with Crippen LogP contribution in [0.5, 0.6) is 11.5 Å². The van der Waals surface area contributed by atoms with Crippen LogP contribution in [-0.2, 0) is 11.3 Å². The maximum absolute atomic E-state index is 12.9. The highest BCUT2D eigenvalue weighted by atomic mass is 16.5. The Balaban J connectivity index is 2.31. The Hall–Kier alpha value is -2.96. The highest BCUT2D eigenvalue weighted by molar-refractivity contribution is 6.00. The molecule has 1 N–H and O–H groups in total. The number of methoxy groups -OCH3 is 3. The minimum Gasteiger partial charge on any atom is -0.493 e. The lowest BCUT2D eigenvalue weighted by Crippen LogP contribution is -2.27. The first-order valence-corrected chi connectivity index (χ1v) is 8.08. The largest absolute Gasteiger partial charge is 0.493 e. The molecule has 7 heteroatoms. The van der Waals surface area contributed by atoms with Crippen molar-refractivity contribution in [3.8, 4) is 11.5 Å². The number of benzene rings is 1. The molecule has 0 spiro atoms. The smallest absolute Gasteiger partial charge is 0.339 e. The normalized spacial score (nSPS) is 10.4. The highest BCUT2D eigenvalue weighted by Crippen LogP contribution is 2.31. The van der Waals surface area contributed by atoms with Crippen LogP contribution in [-0.4, -0.2) is 50.1 Å². The molecule has 0 fully saturated rings. The van der Waals surface area contributed by atoms with E-state index in [0.29, 0.717) is 40.6 Å². The van der Waals surface area contributed by atoms with Crippen LogP contribution in [0.2, 0.25) is 0 Å². The summed E-state index contributed by atoms with van der Waals surface area (Å²) in [5.74, 6) is 0.494. The predicted molar refractivity (Wildman–Crippen MR) is 96.9 cm³/mol. The van der Waals surface area contributed by atoms with Crippen molar-refractivity contribution in [1.82, 2.24) is 9.88 Å². The average Bonchev–Trinajstić information content (AvgIpc) is 2.94. The number of carbonyl (C=O) groups excluding carboxylic acids is 2. The molecule has 1 aromatic heterocycles. The summed E-state index contributed by atoms with van der Waals surface area (Å²) in [4.78, 5) is 29.3. The zero-order chi connectivity index (χ0) is 19.4. The van der Waals surface area contributed by atoms with Gasteiger partial charge in [0.15, 0.2) is 11.5 Å². The van der Waals surface area contributed by atoms with Crippen molar-refractivity contribution in [1.29, 1.82) is 0 Å². The molecule has 0 aliphatic carbocycles. The number of ether oxygens (including phenoxy) is 3. The van der Waals surface area contributed by atoms with Crippen molar-refractivity contribution in [2.75, 3.05) is 28.4 Å². The number of rotatable bonds is 6. The van der Waals surface area contributed by atoms with E-state index in [1.807, 2.05) is 12.1 Å².